The van der Waals surface area contributed by atoms with Crippen LogP contribution >= 0.6 is 0 Å². The van der Waals surface area contributed by atoms with Crippen molar-refractivity contribution in [1.29, 1.82) is 0 Å². The van der Waals surface area contributed by atoms with E-state index in [4.69, 9.17) is 0 Å². The number of aliphatic hydroxyl groups is 1. The molecule has 1 N–H and O–H groups in total. The molecule has 84 valence electrons. The average Bonchev–Trinajstić information content (AvgIpc) is 2.65. The third-order valence-electron chi connectivity index (χ3n) is 2.37. The molecule has 2 aromatic heterocycles. The number of nitrogens with zero attached hydrogens (tertiary/aromatic N) is 4. The first kappa shape index (κ1) is 10.8. The second-order valence-corrected chi connectivity index (χ2v) is 3.84. The van der Waals surface area contributed by atoms with E-state index >= 15 is 0 Å². The van der Waals surface area contributed by atoms with Gasteiger partial charge in [-0.05, 0) is 18.6 Å². The molecule has 0 amide bonds. The zero-order valence-electron chi connectivity index (χ0n) is 9.33. The highest BCUT2D eigenvalue weighted by Gasteiger charge is 2.10. The molecule has 5 nitrogen and oxygen atoms in total. The summed E-state index contributed by atoms with van der Waals surface area (Å²) in [4.78, 5) is 4.15. The molecule has 0 radical (unpaired) electrons. The normalized spacial score (nSPS) is 12.7. The molecule has 2 rings (SSSR count). The van der Waals surface area contributed by atoms with Crippen LogP contribution in [0, 0.1) is 6.92 Å². The Balaban J connectivity index is 2.08. The minimum Gasteiger partial charge on any atom is -0.388 e. The molecule has 0 saturated carbocycles. The minimum absolute atomic E-state index is 0.457. The second-order valence-electron chi connectivity index (χ2n) is 3.84. The van der Waals surface area contributed by atoms with Crippen LogP contribution in [0.1, 0.15) is 23.1 Å². The second kappa shape index (κ2) is 4.40. The van der Waals surface area contributed by atoms with Gasteiger partial charge in [-0.15, -0.1) is 5.10 Å². The van der Waals surface area contributed by atoms with Gasteiger partial charge in [0.05, 0.1) is 11.8 Å². The maximum absolute atomic E-state index is 9.96. The largest absolute Gasteiger partial charge is 0.388 e. The fraction of sp³-hybridized carbons (Fsp3) is 0.364. The van der Waals surface area contributed by atoms with Crippen molar-refractivity contribution < 1.29 is 5.11 Å². The lowest BCUT2D eigenvalue weighted by Crippen LogP contribution is -2.03. The van der Waals surface area contributed by atoms with Gasteiger partial charge in [-0.1, -0.05) is 11.3 Å². The highest BCUT2D eigenvalue weighted by molar-refractivity contribution is 5.17. The van der Waals surface area contributed by atoms with E-state index < -0.39 is 6.10 Å². The maximum atomic E-state index is 9.96. The first-order valence-electron chi connectivity index (χ1n) is 5.11. The summed E-state index contributed by atoms with van der Waals surface area (Å²) >= 11 is 0. The third kappa shape index (κ3) is 2.43. The van der Waals surface area contributed by atoms with Crippen molar-refractivity contribution in [2.24, 2.45) is 7.05 Å². The van der Waals surface area contributed by atoms with E-state index in [-0.39, 0.29) is 0 Å². The average molecular weight is 218 g/mol. The van der Waals surface area contributed by atoms with Gasteiger partial charge in [0, 0.05) is 31.6 Å². The van der Waals surface area contributed by atoms with Crippen molar-refractivity contribution in [3.8, 4) is 0 Å². The molecule has 0 saturated heterocycles. The van der Waals surface area contributed by atoms with Gasteiger partial charge in [0.25, 0.3) is 0 Å². The van der Waals surface area contributed by atoms with Crippen LogP contribution in [0.5, 0.6) is 0 Å². The van der Waals surface area contributed by atoms with Crippen LogP contribution in [0.4, 0.5) is 0 Å². The van der Waals surface area contributed by atoms with Crippen LogP contribution in [0.3, 0.4) is 0 Å². The highest BCUT2D eigenvalue weighted by atomic mass is 16.3. The van der Waals surface area contributed by atoms with Gasteiger partial charge in [0.1, 0.15) is 0 Å². The monoisotopic (exact) mass is 218 g/mol. The SMILES string of the molecule is Cc1ccc(C(O)Cc2cn(C)nn2)cn1. The van der Waals surface area contributed by atoms with Gasteiger partial charge < -0.3 is 5.11 Å². The lowest BCUT2D eigenvalue weighted by Gasteiger charge is -2.08. The number of aliphatic hydroxyl groups excluding tert-OH is 1. The Morgan fingerprint density at radius 3 is 2.81 bits per heavy atom. The number of hydrogen-bond donors (Lipinski definition) is 1. The summed E-state index contributed by atoms with van der Waals surface area (Å²) in [5.74, 6) is 0. The lowest BCUT2D eigenvalue weighted by molar-refractivity contribution is 0.176. The number of aromatic nitrogens is 4. The first-order valence-corrected chi connectivity index (χ1v) is 5.11. The Hall–Kier alpha value is -1.75. The summed E-state index contributed by atoms with van der Waals surface area (Å²) in [5.41, 5.74) is 2.52. The van der Waals surface area contributed by atoms with Crippen molar-refractivity contribution in [3.63, 3.8) is 0 Å². The molecule has 5 heteroatoms. The molecule has 0 bridgehead atoms. The van der Waals surface area contributed by atoms with Crippen molar-refractivity contribution in [2.75, 3.05) is 0 Å². The van der Waals surface area contributed by atoms with Crippen LogP contribution in [-0.2, 0) is 13.5 Å². The Kier molecular flexibility index (Phi) is 2.96. The number of aryl methyl sites for hydroxylation is 2. The molecular formula is C11H14N4O. The summed E-state index contributed by atoms with van der Waals surface area (Å²) in [7, 11) is 1.80. The molecule has 2 aromatic rings. The van der Waals surface area contributed by atoms with Crippen LogP contribution in [0.25, 0.3) is 0 Å². The van der Waals surface area contributed by atoms with E-state index in [2.05, 4.69) is 15.3 Å². The predicted octanol–water partition coefficient (Wildman–Crippen LogP) is 0.795. The van der Waals surface area contributed by atoms with Crippen LogP contribution in [-0.4, -0.2) is 25.1 Å². The van der Waals surface area contributed by atoms with E-state index in [0.29, 0.717) is 6.42 Å². The molecule has 1 unspecified atom stereocenters. The maximum Gasteiger partial charge on any atom is 0.0861 e. The number of rotatable bonds is 3. The first-order chi connectivity index (χ1) is 7.65. The van der Waals surface area contributed by atoms with E-state index in [1.807, 2.05) is 19.1 Å². The van der Waals surface area contributed by atoms with E-state index in [1.165, 1.54) is 0 Å². The summed E-state index contributed by atoms with van der Waals surface area (Å²) in [6.07, 6.45) is 3.37. The molecule has 1 atom stereocenters. The van der Waals surface area contributed by atoms with Crippen LogP contribution in [0.2, 0.25) is 0 Å². The zero-order chi connectivity index (χ0) is 11.5. The Bertz CT molecular complexity index is 463. The molecule has 0 aliphatic heterocycles. The summed E-state index contributed by atoms with van der Waals surface area (Å²) < 4.78 is 1.62. The van der Waals surface area contributed by atoms with Crippen molar-refractivity contribution >= 4 is 0 Å². The summed E-state index contributed by atoms with van der Waals surface area (Å²) in [6, 6.07) is 3.76. The molecule has 0 aliphatic carbocycles. The molecule has 0 aromatic carbocycles. The summed E-state index contributed by atoms with van der Waals surface area (Å²) in [6.45, 7) is 1.92. The molecule has 16 heavy (non-hydrogen) atoms. The smallest absolute Gasteiger partial charge is 0.0861 e. The topological polar surface area (TPSA) is 63.8 Å². The zero-order valence-corrected chi connectivity index (χ0v) is 9.33. The van der Waals surface area contributed by atoms with Crippen molar-refractivity contribution in [2.45, 2.75) is 19.4 Å². The Morgan fingerprint density at radius 1 is 1.44 bits per heavy atom. The van der Waals surface area contributed by atoms with E-state index in [9.17, 15) is 5.11 Å². The van der Waals surface area contributed by atoms with E-state index in [1.54, 1.807) is 24.1 Å². The quantitative estimate of drug-likeness (QED) is 0.827. The lowest BCUT2D eigenvalue weighted by atomic mass is 10.1. The third-order valence-corrected chi connectivity index (χ3v) is 2.37. The molecular weight excluding hydrogens is 204 g/mol. The van der Waals surface area contributed by atoms with Gasteiger partial charge >= 0.3 is 0 Å². The molecule has 0 aliphatic rings. The van der Waals surface area contributed by atoms with Crippen LogP contribution < -0.4 is 0 Å². The number of hydrogen-bond acceptors (Lipinski definition) is 4. The van der Waals surface area contributed by atoms with Crippen LogP contribution in [0.15, 0.2) is 24.5 Å². The fourth-order valence-electron chi connectivity index (χ4n) is 1.48. The predicted molar refractivity (Wildman–Crippen MR) is 58.6 cm³/mol. The van der Waals surface area contributed by atoms with Gasteiger partial charge in [-0.2, -0.15) is 0 Å². The van der Waals surface area contributed by atoms with Crippen molar-refractivity contribution in [1.82, 2.24) is 20.0 Å². The molecule has 0 fully saturated rings. The minimum atomic E-state index is -0.579. The van der Waals surface area contributed by atoms with Gasteiger partial charge in [-0.25, -0.2) is 0 Å². The van der Waals surface area contributed by atoms with Gasteiger partial charge in [0.2, 0.25) is 0 Å². The van der Waals surface area contributed by atoms with Crippen molar-refractivity contribution in [3.05, 3.63) is 41.5 Å². The van der Waals surface area contributed by atoms with Gasteiger partial charge in [-0.3, -0.25) is 9.67 Å². The molecule has 0 spiro atoms. The fourth-order valence-corrected chi connectivity index (χ4v) is 1.48. The Labute approximate surface area is 93.8 Å². The van der Waals surface area contributed by atoms with Gasteiger partial charge in [0.15, 0.2) is 0 Å². The summed E-state index contributed by atoms with van der Waals surface area (Å²) in [5, 5.41) is 17.7. The molecule has 2 heterocycles. The van der Waals surface area contributed by atoms with E-state index in [0.717, 1.165) is 17.0 Å². The highest BCUT2D eigenvalue weighted by Crippen LogP contribution is 2.16. The number of pyridine rings is 1. The Morgan fingerprint density at radius 2 is 2.25 bits per heavy atom. The standard InChI is InChI=1S/C11H14N4O/c1-8-3-4-9(6-12-8)11(16)5-10-7-15(2)14-13-10/h3-4,6-7,11,16H,5H2,1-2H3.